The lowest BCUT2D eigenvalue weighted by Crippen LogP contribution is -2.38. The highest BCUT2D eigenvalue weighted by Crippen LogP contribution is 2.40. The molecule has 1 fully saturated rings. The van der Waals surface area contributed by atoms with Gasteiger partial charge >= 0.3 is 0 Å². The van der Waals surface area contributed by atoms with Gasteiger partial charge in [-0.2, -0.15) is 0 Å². The van der Waals surface area contributed by atoms with Gasteiger partial charge in [0.25, 0.3) is 0 Å². The monoisotopic (exact) mass is 253 g/mol. The molecule has 1 aliphatic rings. The molecule has 1 aromatic rings. The van der Waals surface area contributed by atoms with Crippen LogP contribution in [0.4, 0.5) is 0 Å². The minimum Gasteiger partial charge on any atom is -0.349 e. The van der Waals surface area contributed by atoms with Gasteiger partial charge in [0.15, 0.2) is 0 Å². The van der Waals surface area contributed by atoms with Crippen LogP contribution in [0.2, 0.25) is 0 Å². The van der Waals surface area contributed by atoms with E-state index in [4.69, 9.17) is 5.73 Å². The molecule has 2 rings (SSSR count). The van der Waals surface area contributed by atoms with E-state index in [0.29, 0.717) is 12.5 Å². The van der Waals surface area contributed by atoms with Crippen LogP contribution in [0.1, 0.15) is 43.3 Å². The molecule has 5 heteroatoms. The lowest BCUT2D eigenvalue weighted by atomic mass is 10.0. The zero-order valence-corrected chi connectivity index (χ0v) is 11.1. The van der Waals surface area contributed by atoms with Crippen LogP contribution in [0.25, 0.3) is 0 Å². The number of thiazole rings is 1. The van der Waals surface area contributed by atoms with Crippen LogP contribution in [0.5, 0.6) is 0 Å². The van der Waals surface area contributed by atoms with Gasteiger partial charge in [-0.1, -0.05) is 6.92 Å². The Morgan fingerprint density at radius 1 is 1.65 bits per heavy atom. The lowest BCUT2D eigenvalue weighted by molar-refractivity contribution is -0.125. The van der Waals surface area contributed by atoms with Gasteiger partial charge in [0.2, 0.25) is 5.91 Å². The number of aromatic nitrogens is 1. The summed E-state index contributed by atoms with van der Waals surface area (Å²) in [5, 5.41) is 5.97. The average Bonchev–Trinajstić information content (AvgIpc) is 3.05. The van der Waals surface area contributed by atoms with Gasteiger partial charge in [0.1, 0.15) is 5.01 Å². The maximum absolute atomic E-state index is 11.7. The number of amides is 1. The van der Waals surface area contributed by atoms with Gasteiger partial charge in [0.05, 0.1) is 12.2 Å². The maximum Gasteiger partial charge on any atom is 0.224 e. The second kappa shape index (κ2) is 5.14. The molecule has 3 N–H and O–H groups in total. The zero-order chi connectivity index (χ0) is 12.4. The highest BCUT2D eigenvalue weighted by Gasteiger charge is 2.26. The van der Waals surface area contributed by atoms with E-state index in [1.807, 2.05) is 13.8 Å². The van der Waals surface area contributed by atoms with Gasteiger partial charge in [0, 0.05) is 23.3 Å². The summed E-state index contributed by atoms with van der Waals surface area (Å²) >= 11 is 1.62. The van der Waals surface area contributed by atoms with Gasteiger partial charge in [-0.05, 0) is 19.8 Å². The Hall–Kier alpha value is -0.940. The van der Waals surface area contributed by atoms with Gasteiger partial charge in [-0.3, -0.25) is 4.79 Å². The molecule has 17 heavy (non-hydrogen) atoms. The van der Waals surface area contributed by atoms with Crippen LogP contribution in [0, 0.1) is 5.92 Å². The highest BCUT2D eigenvalue weighted by molar-refractivity contribution is 7.09. The van der Waals surface area contributed by atoms with Crippen LogP contribution in [0.15, 0.2) is 5.38 Å². The van der Waals surface area contributed by atoms with Crippen molar-refractivity contribution in [3.63, 3.8) is 0 Å². The van der Waals surface area contributed by atoms with Crippen molar-refractivity contribution in [2.24, 2.45) is 11.7 Å². The van der Waals surface area contributed by atoms with E-state index in [2.05, 4.69) is 15.7 Å². The number of nitrogens with two attached hydrogens (primary N) is 1. The molecule has 4 nitrogen and oxygen atoms in total. The minimum atomic E-state index is -0.155. The first kappa shape index (κ1) is 12.5. The predicted molar refractivity (Wildman–Crippen MR) is 68.7 cm³/mol. The van der Waals surface area contributed by atoms with Crippen molar-refractivity contribution in [3.05, 3.63) is 16.1 Å². The molecule has 2 unspecified atom stereocenters. The molecular formula is C12H19N3OS. The number of hydrogen-bond donors (Lipinski definition) is 2. The smallest absolute Gasteiger partial charge is 0.224 e. The van der Waals surface area contributed by atoms with E-state index in [-0.39, 0.29) is 17.9 Å². The average molecular weight is 253 g/mol. The lowest BCUT2D eigenvalue weighted by Gasteiger charge is -2.14. The Morgan fingerprint density at radius 3 is 2.94 bits per heavy atom. The summed E-state index contributed by atoms with van der Waals surface area (Å²) < 4.78 is 0. The van der Waals surface area contributed by atoms with Crippen molar-refractivity contribution < 1.29 is 4.79 Å². The third kappa shape index (κ3) is 3.26. The fourth-order valence-corrected chi connectivity index (χ4v) is 2.35. The quantitative estimate of drug-likeness (QED) is 0.838. The van der Waals surface area contributed by atoms with Crippen molar-refractivity contribution in [1.82, 2.24) is 10.3 Å². The van der Waals surface area contributed by atoms with E-state index in [1.165, 1.54) is 18.5 Å². The molecule has 0 aromatic carbocycles. The zero-order valence-electron chi connectivity index (χ0n) is 10.3. The molecule has 1 aliphatic carbocycles. The summed E-state index contributed by atoms with van der Waals surface area (Å²) in [6.07, 6.45) is 2.52. The third-order valence-corrected chi connectivity index (χ3v) is 4.05. The molecule has 1 saturated carbocycles. The number of nitrogens with one attached hydrogen (secondary N) is 1. The highest BCUT2D eigenvalue weighted by atomic mass is 32.1. The number of nitrogens with zero attached hydrogens (tertiary/aromatic N) is 1. The standard InChI is InChI=1S/C12H19N3OS/c1-7(8(2)13)12(16)14-5-11-15-10(6-17-11)9-3-4-9/h6-9H,3-5,13H2,1-2H3,(H,14,16). The summed E-state index contributed by atoms with van der Waals surface area (Å²) in [6.45, 7) is 4.21. The predicted octanol–water partition coefficient (Wildman–Crippen LogP) is 1.62. The Labute approximate surface area is 106 Å². The Morgan fingerprint density at radius 2 is 2.35 bits per heavy atom. The molecule has 0 bridgehead atoms. The first-order chi connectivity index (χ1) is 8.08. The molecule has 1 amide bonds. The third-order valence-electron chi connectivity index (χ3n) is 3.18. The Balaban J connectivity index is 1.82. The number of carbonyl (C=O) groups is 1. The van der Waals surface area contributed by atoms with E-state index >= 15 is 0 Å². The second-order valence-electron chi connectivity index (χ2n) is 4.81. The number of hydrogen-bond acceptors (Lipinski definition) is 4. The molecule has 94 valence electrons. The summed E-state index contributed by atoms with van der Waals surface area (Å²) in [7, 11) is 0. The van der Waals surface area contributed by atoms with Crippen LogP contribution >= 0.6 is 11.3 Å². The fourth-order valence-electron chi connectivity index (χ4n) is 1.54. The molecule has 2 atom stereocenters. The summed E-state index contributed by atoms with van der Waals surface area (Å²) in [5.41, 5.74) is 6.88. The SMILES string of the molecule is CC(N)C(C)C(=O)NCc1nc(C2CC2)cs1. The van der Waals surface area contributed by atoms with Crippen molar-refractivity contribution in [1.29, 1.82) is 0 Å². The second-order valence-corrected chi connectivity index (χ2v) is 5.75. The van der Waals surface area contributed by atoms with Crippen molar-refractivity contribution >= 4 is 17.2 Å². The van der Waals surface area contributed by atoms with E-state index in [1.54, 1.807) is 11.3 Å². The van der Waals surface area contributed by atoms with E-state index in [0.717, 1.165) is 5.01 Å². The van der Waals surface area contributed by atoms with Gasteiger partial charge < -0.3 is 11.1 Å². The topological polar surface area (TPSA) is 68.0 Å². The van der Waals surface area contributed by atoms with E-state index in [9.17, 15) is 4.79 Å². The number of carbonyl (C=O) groups excluding carboxylic acids is 1. The molecular weight excluding hydrogens is 234 g/mol. The number of rotatable bonds is 5. The molecule has 0 saturated heterocycles. The van der Waals surface area contributed by atoms with Crippen molar-refractivity contribution in [2.45, 2.75) is 45.2 Å². The Kier molecular flexibility index (Phi) is 3.79. The molecule has 0 aliphatic heterocycles. The largest absolute Gasteiger partial charge is 0.349 e. The molecule has 1 aromatic heterocycles. The molecule has 0 radical (unpaired) electrons. The van der Waals surface area contributed by atoms with Gasteiger partial charge in [-0.15, -0.1) is 11.3 Å². The summed E-state index contributed by atoms with van der Waals surface area (Å²) in [5.74, 6) is 0.528. The molecule has 1 heterocycles. The maximum atomic E-state index is 11.7. The van der Waals surface area contributed by atoms with Crippen LogP contribution in [-0.4, -0.2) is 16.9 Å². The Bertz CT molecular complexity index is 398. The molecule has 0 spiro atoms. The van der Waals surface area contributed by atoms with E-state index < -0.39 is 0 Å². The normalized spacial score (nSPS) is 18.8. The van der Waals surface area contributed by atoms with Crippen LogP contribution < -0.4 is 11.1 Å². The van der Waals surface area contributed by atoms with Crippen LogP contribution in [0.3, 0.4) is 0 Å². The van der Waals surface area contributed by atoms with Crippen molar-refractivity contribution in [3.8, 4) is 0 Å². The minimum absolute atomic E-state index is 0.00294. The fraction of sp³-hybridized carbons (Fsp3) is 0.667. The first-order valence-corrected chi connectivity index (χ1v) is 6.93. The van der Waals surface area contributed by atoms with Crippen molar-refractivity contribution in [2.75, 3.05) is 0 Å². The summed E-state index contributed by atoms with van der Waals surface area (Å²) in [4.78, 5) is 16.2. The van der Waals surface area contributed by atoms with Gasteiger partial charge in [-0.25, -0.2) is 4.98 Å². The first-order valence-electron chi connectivity index (χ1n) is 6.05. The summed E-state index contributed by atoms with van der Waals surface area (Å²) in [6, 6.07) is -0.117. The van der Waals surface area contributed by atoms with Crippen LogP contribution in [-0.2, 0) is 11.3 Å².